The minimum Gasteiger partial charge on any atom is -0.457 e. The summed E-state index contributed by atoms with van der Waals surface area (Å²) in [5, 5.41) is 9.85. The average molecular weight is 374 g/mol. The quantitative estimate of drug-likeness (QED) is 0.219. The number of carbonyl (C=O) groups excluding carboxylic acids is 1. The van der Waals surface area contributed by atoms with Gasteiger partial charge in [-0.05, 0) is 26.7 Å². The first-order valence-corrected chi connectivity index (χ1v) is 10.8. The summed E-state index contributed by atoms with van der Waals surface area (Å²) in [5.74, 6) is -0.311. The third kappa shape index (κ3) is 15.6. The first kappa shape index (κ1) is 27.6. The molecule has 26 heavy (non-hydrogen) atoms. The molecule has 0 amide bonds. The fourth-order valence-electron chi connectivity index (χ4n) is 3.34. The molecule has 0 saturated heterocycles. The van der Waals surface area contributed by atoms with Crippen molar-refractivity contribution in [3.05, 3.63) is 0 Å². The second kappa shape index (κ2) is 17.8. The van der Waals surface area contributed by atoms with Gasteiger partial charge in [-0.25, -0.2) is 0 Å². The van der Waals surface area contributed by atoms with Gasteiger partial charge in [0.25, 0.3) is 0 Å². The molecular weight excluding hydrogens is 326 g/mol. The Kier molecular flexibility index (Phi) is 18.9. The summed E-state index contributed by atoms with van der Waals surface area (Å²) >= 11 is 0. The molecule has 0 aliphatic carbocycles. The van der Waals surface area contributed by atoms with Gasteiger partial charge in [0, 0.05) is 6.92 Å². The highest BCUT2D eigenvalue weighted by atomic mass is 16.6. The van der Waals surface area contributed by atoms with E-state index in [2.05, 4.69) is 6.92 Å². The first-order chi connectivity index (χ1) is 11.9. The average Bonchev–Trinajstić information content (AvgIpc) is 2.54. The van der Waals surface area contributed by atoms with Crippen LogP contribution in [0.5, 0.6) is 0 Å². The molecule has 0 spiro atoms. The molecule has 4 heteroatoms. The van der Waals surface area contributed by atoms with Crippen molar-refractivity contribution in [3.63, 3.8) is 0 Å². The van der Waals surface area contributed by atoms with Gasteiger partial charge < -0.3 is 16.0 Å². The zero-order valence-electron chi connectivity index (χ0n) is 18.2. The lowest BCUT2D eigenvalue weighted by Crippen LogP contribution is -2.41. The van der Waals surface area contributed by atoms with Crippen LogP contribution in [0.3, 0.4) is 0 Å². The number of hydrogen-bond donors (Lipinski definition) is 2. The fourth-order valence-corrected chi connectivity index (χ4v) is 3.34. The Hall–Kier alpha value is -0.610. The van der Waals surface area contributed by atoms with Gasteiger partial charge in [-0.3, -0.25) is 4.79 Å². The van der Waals surface area contributed by atoms with Crippen molar-refractivity contribution in [1.29, 1.82) is 0 Å². The van der Waals surface area contributed by atoms with Crippen LogP contribution in [-0.2, 0) is 9.53 Å². The topological polar surface area (TPSA) is 81.5 Å². The van der Waals surface area contributed by atoms with Crippen molar-refractivity contribution in [1.82, 2.24) is 6.15 Å². The third-order valence-electron chi connectivity index (χ3n) is 5.29. The van der Waals surface area contributed by atoms with Crippen LogP contribution in [0.15, 0.2) is 0 Å². The van der Waals surface area contributed by atoms with Gasteiger partial charge in [-0.1, -0.05) is 90.4 Å². The molecule has 0 aliphatic rings. The second-order valence-electron chi connectivity index (χ2n) is 7.93. The Morgan fingerprint density at radius 1 is 0.846 bits per heavy atom. The van der Waals surface area contributed by atoms with Gasteiger partial charge in [-0.15, -0.1) is 0 Å². The van der Waals surface area contributed by atoms with Crippen molar-refractivity contribution < 1.29 is 14.6 Å². The highest BCUT2D eigenvalue weighted by molar-refractivity contribution is 5.66. The van der Waals surface area contributed by atoms with E-state index in [1.807, 2.05) is 6.92 Å². The number of rotatable bonds is 17. The third-order valence-corrected chi connectivity index (χ3v) is 5.29. The van der Waals surface area contributed by atoms with E-state index in [0.717, 1.165) is 19.3 Å². The summed E-state index contributed by atoms with van der Waals surface area (Å²) in [7, 11) is 0. The maximum absolute atomic E-state index is 11.2. The monoisotopic (exact) mass is 373 g/mol. The summed E-state index contributed by atoms with van der Waals surface area (Å²) in [6, 6.07) is 0. The minimum atomic E-state index is -0.733. The predicted octanol–water partition coefficient (Wildman–Crippen LogP) is 6.72. The predicted molar refractivity (Wildman–Crippen MR) is 112 cm³/mol. The van der Waals surface area contributed by atoms with Crippen LogP contribution >= 0.6 is 0 Å². The Morgan fingerprint density at radius 2 is 1.19 bits per heavy atom. The van der Waals surface area contributed by atoms with Crippen LogP contribution in [0.25, 0.3) is 0 Å². The Bertz CT molecular complexity index is 321. The van der Waals surface area contributed by atoms with Gasteiger partial charge in [0.15, 0.2) is 0 Å². The van der Waals surface area contributed by atoms with Crippen molar-refractivity contribution in [2.24, 2.45) is 0 Å². The highest BCUT2D eigenvalue weighted by Gasteiger charge is 2.32. The number of ether oxygens (including phenoxy) is 1. The molecule has 0 radical (unpaired) electrons. The zero-order chi connectivity index (χ0) is 19.0. The van der Waals surface area contributed by atoms with Gasteiger partial charge in [0.05, 0.1) is 6.10 Å². The molecule has 0 aromatic rings. The molecule has 0 rings (SSSR count). The molecule has 0 bridgehead atoms. The molecule has 4 N–H and O–H groups in total. The van der Waals surface area contributed by atoms with Gasteiger partial charge >= 0.3 is 5.97 Å². The van der Waals surface area contributed by atoms with Gasteiger partial charge in [-0.2, -0.15) is 0 Å². The van der Waals surface area contributed by atoms with Crippen LogP contribution in [-0.4, -0.2) is 22.8 Å². The normalized spacial score (nSPS) is 14.3. The number of esters is 1. The Balaban J connectivity index is 0. The van der Waals surface area contributed by atoms with Gasteiger partial charge in [0.2, 0.25) is 0 Å². The SMILES string of the molecule is CCCCCCCCCCCCCCCCC(C)(OC(C)=O)C(C)O.N. The Labute approximate surface area is 163 Å². The maximum Gasteiger partial charge on any atom is 0.303 e. The molecule has 4 nitrogen and oxygen atoms in total. The number of unbranched alkanes of at least 4 members (excludes halogenated alkanes) is 13. The van der Waals surface area contributed by atoms with E-state index in [9.17, 15) is 9.90 Å². The summed E-state index contributed by atoms with van der Waals surface area (Å²) in [6.45, 7) is 7.21. The van der Waals surface area contributed by atoms with Crippen molar-refractivity contribution in [3.8, 4) is 0 Å². The standard InChI is InChI=1S/C22H44O3.H3N/c1-5-6-7-8-9-10-11-12-13-14-15-16-17-18-19-22(4,20(2)23)25-21(3)24;/h20,23H,5-19H2,1-4H3;1H3. The smallest absolute Gasteiger partial charge is 0.303 e. The number of aliphatic hydroxyl groups is 1. The molecule has 0 aromatic heterocycles. The summed E-state index contributed by atoms with van der Waals surface area (Å²) in [5.41, 5.74) is -0.733. The summed E-state index contributed by atoms with van der Waals surface area (Å²) < 4.78 is 5.32. The molecule has 0 heterocycles. The summed E-state index contributed by atoms with van der Waals surface area (Å²) in [6.07, 6.45) is 18.7. The lowest BCUT2D eigenvalue weighted by atomic mass is 9.92. The molecular formula is C22H47NO3. The molecule has 0 fully saturated rings. The second-order valence-corrected chi connectivity index (χ2v) is 7.93. The largest absolute Gasteiger partial charge is 0.457 e. The van der Waals surface area contributed by atoms with E-state index >= 15 is 0 Å². The van der Waals surface area contributed by atoms with Crippen LogP contribution in [0, 0.1) is 0 Å². The fraction of sp³-hybridized carbons (Fsp3) is 0.955. The van der Waals surface area contributed by atoms with E-state index in [1.165, 1.54) is 84.0 Å². The number of aliphatic hydroxyl groups excluding tert-OH is 1. The lowest BCUT2D eigenvalue weighted by molar-refractivity contribution is -0.167. The van der Waals surface area contributed by atoms with Crippen LogP contribution < -0.4 is 6.15 Å². The molecule has 0 aromatic carbocycles. The number of carbonyl (C=O) groups is 1. The lowest BCUT2D eigenvalue weighted by Gasteiger charge is -2.32. The molecule has 2 atom stereocenters. The number of hydrogen-bond acceptors (Lipinski definition) is 4. The minimum absolute atomic E-state index is 0. The Morgan fingerprint density at radius 3 is 1.50 bits per heavy atom. The summed E-state index contributed by atoms with van der Waals surface area (Å²) in [4.78, 5) is 11.2. The van der Waals surface area contributed by atoms with Crippen molar-refractivity contribution in [2.45, 2.75) is 136 Å². The van der Waals surface area contributed by atoms with E-state index in [-0.39, 0.29) is 12.1 Å². The maximum atomic E-state index is 11.2. The van der Waals surface area contributed by atoms with Gasteiger partial charge in [0.1, 0.15) is 5.60 Å². The van der Waals surface area contributed by atoms with Crippen LogP contribution in [0.4, 0.5) is 0 Å². The molecule has 0 aliphatic heterocycles. The van der Waals surface area contributed by atoms with E-state index in [4.69, 9.17) is 4.74 Å². The first-order valence-electron chi connectivity index (χ1n) is 10.8. The van der Waals surface area contributed by atoms with Crippen molar-refractivity contribution >= 4 is 5.97 Å². The van der Waals surface area contributed by atoms with E-state index in [1.54, 1.807) is 6.92 Å². The molecule has 2 unspecified atom stereocenters. The van der Waals surface area contributed by atoms with Crippen LogP contribution in [0.2, 0.25) is 0 Å². The molecule has 0 saturated carbocycles. The zero-order valence-corrected chi connectivity index (χ0v) is 18.2. The van der Waals surface area contributed by atoms with E-state index in [0.29, 0.717) is 0 Å². The highest BCUT2D eigenvalue weighted by Crippen LogP contribution is 2.24. The van der Waals surface area contributed by atoms with E-state index < -0.39 is 11.7 Å². The van der Waals surface area contributed by atoms with Crippen LogP contribution in [0.1, 0.15) is 124 Å². The van der Waals surface area contributed by atoms with Crippen molar-refractivity contribution in [2.75, 3.05) is 0 Å². The molecule has 158 valence electrons.